The molecule has 2 aromatic carbocycles. The molecular weight excluding hydrogens is 380 g/mol. The maximum Gasteiger partial charge on any atom is 0.162 e. The summed E-state index contributed by atoms with van der Waals surface area (Å²) in [6.07, 6.45) is 1.42. The number of nitrogens with zero attached hydrogens (tertiary/aromatic N) is 3. The van der Waals surface area contributed by atoms with Crippen LogP contribution in [0.1, 0.15) is 5.56 Å². The standard InChI is InChI=1S/C20H15F2N5O2/c1-28-16-6-4-13(8-17(16)29-2)25-20-18(11-3-5-14(21)15(22)7-11)26-19-12(9-23)10-24-27(19)20/h3-8,10,25-26H,1-2H3. The SMILES string of the molecule is COc1ccc(Nc2c(-c3ccc(F)c(F)c3)[nH]c3c(C#N)cnn23)cc1OC. The van der Waals surface area contributed by atoms with Gasteiger partial charge in [0.25, 0.3) is 0 Å². The topological polar surface area (TPSA) is 87.4 Å². The van der Waals surface area contributed by atoms with Crippen molar-refractivity contribution in [2.24, 2.45) is 0 Å². The summed E-state index contributed by atoms with van der Waals surface area (Å²) in [5.74, 6) is -0.412. The lowest BCUT2D eigenvalue weighted by Gasteiger charge is -2.12. The molecule has 0 spiro atoms. The molecule has 2 aromatic heterocycles. The normalized spacial score (nSPS) is 10.7. The molecule has 9 heteroatoms. The lowest BCUT2D eigenvalue weighted by molar-refractivity contribution is 0.355. The Labute approximate surface area is 164 Å². The zero-order valence-corrected chi connectivity index (χ0v) is 15.5. The molecule has 0 aliphatic rings. The van der Waals surface area contributed by atoms with Crippen LogP contribution in [0.2, 0.25) is 0 Å². The van der Waals surface area contributed by atoms with Crippen LogP contribution in [-0.2, 0) is 0 Å². The number of benzene rings is 2. The molecule has 0 atom stereocenters. The number of ether oxygens (including phenoxy) is 2. The van der Waals surface area contributed by atoms with Crippen molar-refractivity contribution in [3.63, 3.8) is 0 Å². The van der Waals surface area contributed by atoms with Crippen molar-refractivity contribution >= 4 is 17.2 Å². The van der Waals surface area contributed by atoms with Gasteiger partial charge in [-0.1, -0.05) is 0 Å². The first kappa shape index (κ1) is 18.3. The van der Waals surface area contributed by atoms with Crippen LogP contribution in [0.15, 0.2) is 42.6 Å². The summed E-state index contributed by atoms with van der Waals surface area (Å²) < 4.78 is 39.3. The molecule has 4 aromatic rings. The second-order valence-corrected chi connectivity index (χ2v) is 6.10. The van der Waals surface area contributed by atoms with Gasteiger partial charge in [-0.15, -0.1) is 0 Å². The van der Waals surface area contributed by atoms with Gasteiger partial charge < -0.3 is 19.8 Å². The van der Waals surface area contributed by atoms with Crippen LogP contribution in [-0.4, -0.2) is 28.8 Å². The fourth-order valence-corrected chi connectivity index (χ4v) is 3.03. The molecule has 7 nitrogen and oxygen atoms in total. The minimum Gasteiger partial charge on any atom is -0.493 e. The van der Waals surface area contributed by atoms with Crippen LogP contribution in [0.4, 0.5) is 20.3 Å². The Morgan fingerprint density at radius 2 is 1.86 bits per heavy atom. The molecular formula is C20H15F2N5O2. The van der Waals surface area contributed by atoms with E-state index in [1.165, 1.54) is 31.0 Å². The quantitative estimate of drug-likeness (QED) is 0.528. The highest BCUT2D eigenvalue weighted by atomic mass is 19.2. The highest BCUT2D eigenvalue weighted by Gasteiger charge is 2.19. The number of hydrogen-bond donors (Lipinski definition) is 2. The van der Waals surface area contributed by atoms with E-state index in [-0.39, 0.29) is 0 Å². The summed E-state index contributed by atoms with van der Waals surface area (Å²) in [7, 11) is 3.06. The molecule has 0 fully saturated rings. The second kappa shape index (κ2) is 7.16. The highest BCUT2D eigenvalue weighted by Crippen LogP contribution is 2.35. The van der Waals surface area contributed by atoms with Gasteiger partial charge in [-0.05, 0) is 30.3 Å². The first-order chi connectivity index (χ1) is 14.0. The Morgan fingerprint density at radius 1 is 1.07 bits per heavy atom. The second-order valence-electron chi connectivity index (χ2n) is 6.10. The van der Waals surface area contributed by atoms with E-state index in [1.54, 1.807) is 18.2 Å². The van der Waals surface area contributed by atoms with Gasteiger partial charge in [-0.25, -0.2) is 8.78 Å². The number of nitrogens with one attached hydrogen (secondary N) is 2. The third-order valence-corrected chi connectivity index (χ3v) is 4.44. The number of rotatable bonds is 5. The number of hydrogen-bond acceptors (Lipinski definition) is 5. The van der Waals surface area contributed by atoms with Gasteiger partial charge in [-0.3, -0.25) is 0 Å². The molecule has 0 amide bonds. The van der Waals surface area contributed by atoms with Gasteiger partial charge in [0.15, 0.2) is 34.6 Å². The minimum absolute atomic E-state index is 0.314. The van der Waals surface area contributed by atoms with Crippen molar-refractivity contribution in [1.29, 1.82) is 5.26 Å². The number of halogens is 2. The summed E-state index contributed by atoms with van der Waals surface area (Å²) in [6, 6.07) is 10.8. The van der Waals surface area contributed by atoms with Gasteiger partial charge in [0.2, 0.25) is 0 Å². The van der Waals surface area contributed by atoms with Crippen molar-refractivity contribution in [2.45, 2.75) is 0 Å². The Hall–Kier alpha value is -4.06. The smallest absolute Gasteiger partial charge is 0.162 e. The van der Waals surface area contributed by atoms with E-state index in [4.69, 9.17) is 9.47 Å². The van der Waals surface area contributed by atoms with Crippen LogP contribution in [0, 0.1) is 23.0 Å². The Bertz CT molecular complexity index is 1260. The van der Waals surface area contributed by atoms with E-state index in [0.29, 0.717) is 45.5 Å². The summed E-state index contributed by atoms with van der Waals surface area (Å²) in [5.41, 5.74) is 2.21. The molecule has 0 aliphatic heterocycles. The van der Waals surface area contributed by atoms with E-state index >= 15 is 0 Å². The van der Waals surface area contributed by atoms with Gasteiger partial charge >= 0.3 is 0 Å². The molecule has 0 aliphatic carbocycles. The van der Waals surface area contributed by atoms with Crippen LogP contribution in [0.5, 0.6) is 11.5 Å². The molecule has 2 heterocycles. The van der Waals surface area contributed by atoms with E-state index in [0.717, 1.165) is 12.1 Å². The first-order valence-electron chi connectivity index (χ1n) is 8.50. The van der Waals surface area contributed by atoms with E-state index < -0.39 is 11.6 Å². The molecule has 0 radical (unpaired) electrons. The predicted molar refractivity (Wildman–Crippen MR) is 102 cm³/mol. The Kier molecular flexibility index (Phi) is 4.52. The Balaban J connectivity index is 1.87. The third-order valence-electron chi connectivity index (χ3n) is 4.44. The van der Waals surface area contributed by atoms with Crippen molar-refractivity contribution in [3.05, 3.63) is 59.8 Å². The summed E-state index contributed by atoms with van der Waals surface area (Å²) in [6.45, 7) is 0. The zero-order chi connectivity index (χ0) is 20.5. The Morgan fingerprint density at radius 3 is 2.55 bits per heavy atom. The zero-order valence-electron chi connectivity index (χ0n) is 15.5. The monoisotopic (exact) mass is 395 g/mol. The van der Waals surface area contributed by atoms with Crippen molar-refractivity contribution in [1.82, 2.24) is 14.6 Å². The van der Waals surface area contributed by atoms with E-state index in [9.17, 15) is 14.0 Å². The molecule has 0 bridgehead atoms. The van der Waals surface area contributed by atoms with Crippen molar-refractivity contribution < 1.29 is 18.3 Å². The number of aromatic nitrogens is 3. The first-order valence-corrected chi connectivity index (χ1v) is 8.50. The summed E-state index contributed by atoms with van der Waals surface area (Å²) in [5, 5.41) is 16.7. The molecule has 0 unspecified atom stereocenters. The minimum atomic E-state index is -0.979. The molecule has 29 heavy (non-hydrogen) atoms. The van der Waals surface area contributed by atoms with Gasteiger partial charge in [0.05, 0.1) is 26.1 Å². The van der Waals surface area contributed by atoms with Crippen LogP contribution >= 0.6 is 0 Å². The van der Waals surface area contributed by atoms with Gasteiger partial charge in [-0.2, -0.15) is 14.9 Å². The molecule has 4 rings (SSSR count). The number of anilines is 2. The summed E-state index contributed by atoms with van der Waals surface area (Å²) >= 11 is 0. The van der Waals surface area contributed by atoms with Gasteiger partial charge in [0, 0.05) is 17.3 Å². The largest absolute Gasteiger partial charge is 0.493 e. The number of nitriles is 1. The van der Waals surface area contributed by atoms with Crippen LogP contribution in [0.25, 0.3) is 16.9 Å². The van der Waals surface area contributed by atoms with E-state index in [1.807, 2.05) is 6.07 Å². The lowest BCUT2D eigenvalue weighted by atomic mass is 10.1. The number of methoxy groups -OCH3 is 2. The number of fused-ring (bicyclic) bond motifs is 1. The fourth-order valence-electron chi connectivity index (χ4n) is 3.03. The molecule has 146 valence electrons. The molecule has 0 saturated heterocycles. The van der Waals surface area contributed by atoms with Crippen molar-refractivity contribution in [2.75, 3.05) is 19.5 Å². The number of imidazole rings is 1. The average molecular weight is 395 g/mol. The highest BCUT2D eigenvalue weighted by molar-refractivity contribution is 5.81. The maximum atomic E-state index is 13.8. The predicted octanol–water partition coefficient (Wildman–Crippen LogP) is 4.24. The van der Waals surface area contributed by atoms with E-state index in [2.05, 4.69) is 15.4 Å². The summed E-state index contributed by atoms with van der Waals surface area (Å²) in [4.78, 5) is 3.07. The fraction of sp³-hybridized carbons (Fsp3) is 0.100. The lowest BCUT2D eigenvalue weighted by Crippen LogP contribution is -1.99. The van der Waals surface area contributed by atoms with Gasteiger partial charge in [0.1, 0.15) is 11.6 Å². The van der Waals surface area contributed by atoms with Crippen LogP contribution < -0.4 is 14.8 Å². The molecule has 2 N–H and O–H groups in total. The number of aromatic amines is 1. The average Bonchev–Trinajstić information content (AvgIpc) is 3.29. The van der Waals surface area contributed by atoms with Crippen molar-refractivity contribution in [3.8, 4) is 28.8 Å². The maximum absolute atomic E-state index is 13.8. The van der Waals surface area contributed by atoms with Crippen LogP contribution in [0.3, 0.4) is 0 Å². The third kappa shape index (κ3) is 3.10. The number of H-pyrrole nitrogens is 1. The molecule has 0 saturated carbocycles.